The zero-order valence-electron chi connectivity index (χ0n) is 16.2. The van der Waals surface area contributed by atoms with Gasteiger partial charge < -0.3 is 14.4 Å². The Morgan fingerprint density at radius 2 is 1.96 bits per heavy atom. The van der Waals surface area contributed by atoms with Gasteiger partial charge in [-0.1, -0.05) is 19.0 Å². The van der Waals surface area contributed by atoms with Crippen molar-refractivity contribution in [3.8, 4) is 0 Å². The van der Waals surface area contributed by atoms with Crippen LogP contribution in [0, 0.1) is 5.92 Å². The van der Waals surface area contributed by atoms with Gasteiger partial charge in [-0.2, -0.15) is 0 Å². The lowest BCUT2D eigenvalue weighted by molar-refractivity contribution is -0.128. The second-order valence-electron chi connectivity index (χ2n) is 8.32. The van der Waals surface area contributed by atoms with Gasteiger partial charge in [0.2, 0.25) is 0 Å². The standard InChI is InChI=1S/C19H32N2O4/c1-18(2,13-22)16-10-15(25-20-16)11-17(23)19(3,4)21(5)12-14-6-8-24-9-7-14/h10,14,22H,6-9,11-13H2,1-5H3. The number of carbonyl (C=O) groups excluding carboxylic acids is 1. The molecular formula is C19H32N2O4. The van der Waals surface area contributed by atoms with Gasteiger partial charge in [0.15, 0.2) is 5.78 Å². The number of hydrogen-bond acceptors (Lipinski definition) is 6. The number of aromatic nitrogens is 1. The Hall–Kier alpha value is -1.24. The minimum atomic E-state index is -0.572. The van der Waals surface area contributed by atoms with Crippen LogP contribution < -0.4 is 0 Å². The molecule has 6 heteroatoms. The van der Waals surface area contributed by atoms with Crippen molar-refractivity contribution in [2.24, 2.45) is 5.92 Å². The second kappa shape index (κ2) is 7.98. The fourth-order valence-electron chi connectivity index (χ4n) is 2.93. The van der Waals surface area contributed by atoms with E-state index in [0.29, 0.717) is 17.4 Å². The summed E-state index contributed by atoms with van der Waals surface area (Å²) < 4.78 is 10.7. The number of ether oxygens (including phenoxy) is 1. The lowest BCUT2D eigenvalue weighted by Gasteiger charge is -2.37. The van der Waals surface area contributed by atoms with Gasteiger partial charge in [0.05, 0.1) is 24.3 Å². The van der Waals surface area contributed by atoms with Crippen LogP contribution in [0.4, 0.5) is 0 Å². The Morgan fingerprint density at radius 3 is 2.56 bits per heavy atom. The maximum absolute atomic E-state index is 12.8. The first-order valence-corrected chi connectivity index (χ1v) is 9.06. The van der Waals surface area contributed by atoms with Gasteiger partial charge in [-0.25, -0.2) is 0 Å². The number of nitrogens with zero attached hydrogens (tertiary/aromatic N) is 2. The third-order valence-electron chi connectivity index (χ3n) is 5.49. The Bertz CT molecular complexity index is 574. The van der Waals surface area contributed by atoms with E-state index >= 15 is 0 Å². The first kappa shape index (κ1) is 20.1. The zero-order valence-corrected chi connectivity index (χ0v) is 16.2. The minimum Gasteiger partial charge on any atom is -0.395 e. The largest absolute Gasteiger partial charge is 0.395 e. The van der Waals surface area contributed by atoms with Crippen molar-refractivity contribution < 1.29 is 19.2 Å². The highest BCUT2D eigenvalue weighted by atomic mass is 16.5. The average Bonchev–Trinajstić information content (AvgIpc) is 3.05. The summed E-state index contributed by atoms with van der Waals surface area (Å²) in [5, 5.41) is 13.4. The summed E-state index contributed by atoms with van der Waals surface area (Å²) in [5.74, 6) is 1.23. The average molecular weight is 352 g/mol. The van der Waals surface area contributed by atoms with Crippen LogP contribution in [0.25, 0.3) is 0 Å². The molecule has 6 nitrogen and oxygen atoms in total. The van der Waals surface area contributed by atoms with Crippen LogP contribution in [-0.4, -0.2) is 59.9 Å². The third-order valence-corrected chi connectivity index (χ3v) is 5.49. The number of Topliss-reactive ketones (excluding diaryl/α,β-unsaturated/α-hetero) is 1. The van der Waals surface area contributed by atoms with Crippen molar-refractivity contribution in [3.05, 3.63) is 17.5 Å². The predicted molar refractivity (Wildman–Crippen MR) is 95.6 cm³/mol. The quantitative estimate of drug-likeness (QED) is 0.773. The summed E-state index contributed by atoms with van der Waals surface area (Å²) in [6.07, 6.45) is 2.31. The van der Waals surface area contributed by atoms with Crippen molar-refractivity contribution in [1.82, 2.24) is 10.1 Å². The molecule has 25 heavy (non-hydrogen) atoms. The molecule has 0 amide bonds. The fourth-order valence-corrected chi connectivity index (χ4v) is 2.93. The molecule has 0 unspecified atom stereocenters. The van der Waals surface area contributed by atoms with E-state index in [1.54, 1.807) is 6.07 Å². The topological polar surface area (TPSA) is 75.8 Å². The maximum Gasteiger partial charge on any atom is 0.160 e. The predicted octanol–water partition coefficient (Wildman–Crippen LogP) is 2.19. The number of hydrogen-bond donors (Lipinski definition) is 1. The molecule has 0 bridgehead atoms. The fraction of sp³-hybridized carbons (Fsp3) is 0.789. The Labute approximate surface area is 150 Å². The van der Waals surface area contributed by atoms with Gasteiger partial charge in [-0.3, -0.25) is 9.69 Å². The molecule has 2 heterocycles. The lowest BCUT2D eigenvalue weighted by atomic mass is 9.89. The number of carbonyl (C=O) groups is 1. The maximum atomic E-state index is 12.8. The number of aliphatic hydroxyl groups is 1. The van der Waals surface area contributed by atoms with E-state index in [9.17, 15) is 9.90 Å². The zero-order chi connectivity index (χ0) is 18.7. The molecule has 1 fully saturated rings. The van der Waals surface area contributed by atoms with Crippen LogP contribution in [0.3, 0.4) is 0 Å². The highest BCUT2D eigenvalue weighted by Gasteiger charge is 2.34. The van der Waals surface area contributed by atoms with Crippen LogP contribution >= 0.6 is 0 Å². The van der Waals surface area contributed by atoms with Crippen LogP contribution in [0.5, 0.6) is 0 Å². The lowest BCUT2D eigenvalue weighted by Crippen LogP contribution is -2.50. The van der Waals surface area contributed by atoms with Crippen LogP contribution in [0.15, 0.2) is 10.6 Å². The minimum absolute atomic E-state index is 0.0216. The molecule has 0 aliphatic carbocycles. The first-order valence-electron chi connectivity index (χ1n) is 9.06. The number of aliphatic hydroxyl groups excluding tert-OH is 1. The molecule has 0 radical (unpaired) electrons. The molecule has 1 aromatic heterocycles. The van der Waals surface area contributed by atoms with Crippen molar-refractivity contribution in [2.45, 2.75) is 57.9 Å². The molecule has 142 valence electrons. The van der Waals surface area contributed by atoms with E-state index in [1.807, 2.05) is 34.7 Å². The third kappa shape index (κ3) is 4.90. The van der Waals surface area contributed by atoms with E-state index in [-0.39, 0.29) is 18.8 Å². The monoisotopic (exact) mass is 352 g/mol. The molecule has 1 aliphatic rings. The van der Waals surface area contributed by atoms with Crippen LogP contribution in [0.2, 0.25) is 0 Å². The summed E-state index contributed by atoms with van der Waals surface area (Å²) in [4.78, 5) is 15.0. The van der Waals surface area contributed by atoms with Crippen LogP contribution in [0.1, 0.15) is 52.0 Å². The summed E-state index contributed by atoms with van der Waals surface area (Å²) >= 11 is 0. The van der Waals surface area contributed by atoms with E-state index in [1.165, 1.54) is 0 Å². The Morgan fingerprint density at radius 1 is 1.32 bits per heavy atom. The van der Waals surface area contributed by atoms with Gasteiger partial charge in [-0.05, 0) is 39.7 Å². The summed E-state index contributed by atoms with van der Waals surface area (Å²) in [5.41, 5.74) is -0.371. The van der Waals surface area contributed by atoms with E-state index in [2.05, 4.69) is 10.1 Å². The second-order valence-corrected chi connectivity index (χ2v) is 8.32. The molecule has 0 atom stereocenters. The van der Waals surface area contributed by atoms with Crippen molar-refractivity contribution in [2.75, 3.05) is 33.4 Å². The van der Waals surface area contributed by atoms with E-state index in [4.69, 9.17) is 9.26 Å². The molecule has 0 saturated carbocycles. The van der Waals surface area contributed by atoms with E-state index < -0.39 is 11.0 Å². The SMILES string of the molecule is CN(CC1CCOCC1)C(C)(C)C(=O)Cc1cc(C(C)(C)CO)no1. The molecule has 1 aliphatic heterocycles. The Balaban J connectivity index is 1.98. The van der Waals surface area contributed by atoms with Crippen molar-refractivity contribution in [1.29, 1.82) is 0 Å². The molecule has 0 aromatic carbocycles. The molecular weight excluding hydrogens is 320 g/mol. The molecule has 0 spiro atoms. The van der Waals surface area contributed by atoms with Gasteiger partial charge in [0.25, 0.3) is 0 Å². The first-order chi connectivity index (χ1) is 11.7. The van der Waals surface area contributed by atoms with Gasteiger partial charge >= 0.3 is 0 Å². The Kier molecular flexibility index (Phi) is 6.40. The number of rotatable bonds is 8. The summed E-state index contributed by atoms with van der Waals surface area (Å²) in [7, 11) is 2.01. The highest BCUT2D eigenvalue weighted by Crippen LogP contribution is 2.25. The summed E-state index contributed by atoms with van der Waals surface area (Å²) in [6.45, 7) is 10.2. The van der Waals surface area contributed by atoms with Gasteiger partial charge in [-0.15, -0.1) is 0 Å². The van der Waals surface area contributed by atoms with Gasteiger partial charge in [0, 0.05) is 31.2 Å². The van der Waals surface area contributed by atoms with E-state index in [0.717, 1.165) is 32.6 Å². The molecule has 1 saturated heterocycles. The van der Waals surface area contributed by atoms with Crippen molar-refractivity contribution >= 4 is 5.78 Å². The molecule has 1 N–H and O–H groups in total. The normalized spacial score (nSPS) is 17.2. The number of likely N-dealkylation sites (N-methyl/N-ethyl adjacent to an activating group) is 1. The van der Waals surface area contributed by atoms with Gasteiger partial charge in [0.1, 0.15) is 5.76 Å². The highest BCUT2D eigenvalue weighted by molar-refractivity contribution is 5.89. The molecule has 2 rings (SSSR count). The van der Waals surface area contributed by atoms with Crippen LogP contribution in [-0.2, 0) is 21.4 Å². The van der Waals surface area contributed by atoms with Crippen molar-refractivity contribution in [3.63, 3.8) is 0 Å². The summed E-state index contributed by atoms with van der Waals surface area (Å²) in [6, 6.07) is 1.78. The molecule has 1 aromatic rings. The number of ketones is 1. The smallest absolute Gasteiger partial charge is 0.160 e.